The maximum atomic E-state index is 10.1. The molecule has 0 radical (unpaired) electrons. The van der Waals surface area contributed by atoms with Crippen molar-refractivity contribution in [3.05, 3.63) is 53.6 Å². The largest absolute Gasteiger partial charge is 0.399 e. The minimum absolute atomic E-state index is 0.528. The molecule has 0 heterocycles. The Bertz CT molecular complexity index is 534. The third-order valence-electron chi connectivity index (χ3n) is 2.92. The van der Waals surface area contributed by atoms with Crippen molar-refractivity contribution in [3.63, 3.8) is 0 Å². The van der Waals surface area contributed by atoms with Crippen LogP contribution < -0.4 is 5.73 Å². The van der Waals surface area contributed by atoms with Crippen LogP contribution in [0.1, 0.15) is 17.2 Å². The van der Waals surface area contributed by atoms with Gasteiger partial charge in [-0.2, -0.15) is 0 Å². The van der Waals surface area contributed by atoms with Crippen molar-refractivity contribution in [1.29, 1.82) is 0 Å². The van der Waals surface area contributed by atoms with Crippen molar-refractivity contribution in [2.45, 2.75) is 6.10 Å². The lowest BCUT2D eigenvalue weighted by Gasteiger charge is -2.05. The van der Waals surface area contributed by atoms with Crippen molar-refractivity contribution in [3.8, 4) is 11.1 Å². The van der Waals surface area contributed by atoms with E-state index >= 15 is 0 Å². The Hall–Kier alpha value is -1.80. The lowest BCUT2D eigenvalue weighted by atomic mass is 10.1. The molecule has 2 heteroatoms. The molecule has 2 nitrogen and oxygen atoms in total. The second kappa shape index (κ2) is 2.84. The Kier molecular flexibility index (Phi) is 1.61. The summed E-state index contributed by atoms with van der Waals surface area (Å²) in [6.45, 7) is 0. The van der Waals surface area contributed by atoms with Crippen LogP contribution >= 0.6 is 0 Å². The number of benzene rings is 2. The Morgan fingerprint density at radius 1 is 0.933 bits per heavy atom. The molecule has 3 N–H and O–H groups in total. The number of anilines is 1. The van der Waals surface area contributed by atoms with E-state index in [9.17, 15) is 5.11 Å². The highest BCUT2D eigenvalue weighted by Gasteiger charge is 2.26. The summed E-state index contributed by atoms with van der Waals surface area (Å²) in [5.74, 6) is 0. The molecule has 3 rings (SSSR count). The lowest BCUT2D eigenvalue weighted by Crippen LogP contribution is -1.94. The van der Waals surface area contributed by atoms with Gasteiger partial charge in [0.1, 0.15) is 6.10 Å². The highest BCUT2D eigenvalue weighted by molar-refractivity contribution is 5.79. The summed E-state index contributed by atoms with van der Waals surface area (Å²) >= 11 is 0. The van der Waals surface area contributed by atoms with Crippen molar-refractivity contribution >= 4 is 5.69 Å². The van der Waals surface area contributed by atoms with Gasteiger partial charge >= 0.3 is 0 Å². The predicted octanol–water partition coefficient (Wildman–Crippen LogP) is 2.33. The number of aliphatic hydroxyl groups excluding tert-OH is 1. The predicted molar refractivity (Wildman–Crippen MR) is 60.4 cm³/mol. The summed E-state index contributed by atoms with van der Waals surface area (Å²) in [5, 5.41) is 10.1. The standard InChI is InChI=1S/C13H11NO/c14-8-5-6-10-9-3-1-2-4-11(9)13(15)12(10)7-8/h1-7,13,15H,14H2/t13-/m1/s1. The van der Waals surface area contributed by atoms with Gasteiger partial charge in [0.05, 0.1) is 0 Å². The molecule has 15 heavy (non-hydrogen) atoms. The monoisotopic (exact) mass is 197 g/mol. The van der Waals surface area contributed by atoms with E-state index in [0.29, 0.717) is 5.69 Å². The van der Waals surface area contributed by atoms with Gasteiger partial charge in [-0.25, -0.2) is 0 Å². The Labute approximate surface area is 88.0 Å². The SMILES string of the molecule is Nc1ccc2c(c1)[C@H](O)c1ccccc1-2. The van der Waals surface area contributed by atoms with Crippen LogP contribution in [0.5, 0.6) is 0 Å². The van der Waals surface area contributed by atoms with Crippen LogP contribution in [0.2, 0.25) is 0 Å². The minimum atomic E-state index is -0.528. The highest BCUT2D eigenvalue weighted by atomic mass is 16.3. The first-order chi connectivity index (χ1) is 7.27. The second-order valence-corrected chi connectivity index (χ2v) is 3.84. The molecular weight excluding hydrogens is 186 g/mol. The van der Waals surface area contributed by atoms with Gasteiger partial charge in [0.25, 0.3) is 0 Å². The van der Waals surface area contributed by atoms with Crippen LogP contribution in [0, 0.1) is 0 Å². The summed E-state index contributed by atoms with van der Waals surface area (Å²) in [7, 11) is 0. The topological polar surface area (TPSA) is 46.2 Å². The molecule has 0 spiro atoms. The summed E-state index contributed by atoms with van der Waals surface area (Å²) in [4.78, 5) is 0. The van der Waals surface area contributed by atoms with Gasteiger partial charge < -0.3 is 10.8 Å². The van der Waals surface area contributed by atoms with E-state index in [2.05, 4.69) is 0 Å². The molecule has 0 saturated heterocycles. The van der Waals surface area contributed by atoms with Gasteiger partial charge in [-0.15, -0.1) is 0 Å². The molecule has 0 saturated carbocycles. The third-order valence-corrected chi connectivity index (χ3v) is 2.92. The molecule has 74 valence electrons. The normalized spacial score (nSPS) is 17.3. The maximum absolute atomic E-state index is 10.1. The number of fused-ring (bicyclic) bond motifs is 3. The number of nitrogens with two attached hydrogens (primary N) is 1. The number of hydrogen-bond acceptors (Lipinski definition) is 2. The molecule has 0 unspecified atom stereocenters. The summed E-state index contributed by atoms with van der Waals surface area (Å²) in [5.41, 5.74) is 10.5. The molecule has 0 fully saturated rings. The number of rotatable bonds is 0. The first kappa shape index (κ1) is 8.50. The van der Waals surface area contributed by atoms with Crippen LogP contribution in [0.15, 0.2) is 42.5 Å². The second-order valence-electron chi connectivity index (χ2n) is 3.84. The zero-order chi connectivity index (χ0) is 10.4. The fourth-order valence-electron chi connectivity index (χ4n) is 2.20. The van der Waals surface area contributed by atoms with Crippen LogP contribution in [0.3, 0.4) is 0 Å². The number of aliphatic hydroxyl groups is 1. The van der Waals surface area contributed by atoms with Gasteiger partial charge in [-0.1, -0.05) is 30.3 Å². The van der Waals surface area contributed by atoms with E-state index in [1.807, 2.05) is 42.5 Å². The summed E-state index contributed by atoms with van der Waals surface area (Å²) < 4.78 is 0. The van der Waals surface area contributed by atoms with E-state index in [-0.39, 0.29) is 0 Å². The zero-order valence-corrected chi connectivity index (χ0v) is 8.14. The van der Waals surface area contributed by atoms with E-state index in [1.54, 1.807) is 0 Å². The van der Waals surface area contributed by atoms with E-state index < -0.39 is 6.10 Å². The molecule has 0 bridgehead atoms. The fourth-order valence-corrected chi connectivity index (χ4v) is 2.20. The van der Waals surface area contributed by atoms with Crippen molar-refractivity contribution in [1.82, 2.24) is 0 Å². The molecule has 1 aliphatic carbocycles. The van der Waals surface area contributed by atoms with Crippen LogP contribution in [-0.2, 0) is 0 Å². The highest BCUT2D eigenvalue weighted by Crippen LogP contribution is 2.43. The minimum Gasteiger partial charge on any atom is -0.399 e. The molecule has 0 aromatic heterocycles. The van der Waals surface area contributed by atoms with Crippen LogP contribution in [-0.4, -0.2) is 5.11 Å². The average molecular weight is 197 g/mol. The molecule has 2 aromatic carbocycles. The number of nitrogen functional groups attached to an aromatic ring is 1. The molecular formula is C13H11NO. The van der Waals surface area contributed by atoms with Gasteiger partial charge in [-0.3, -0.25) is 0 Å². The molecule has 1 aliphatic rings. The van der Waals surface area contributed by atoms with Crippen molar-refractivity contribution in [2.75, 3.05) is 5.73 Å². The Morgan fingerprint density at radius 3 is 2.53 bits per heavy atom. The van der Waals surface area contributed by atoms with E-state index in [4.69, 9.17) is 5.73 Å². The molecule has 1 atom stereocenters. The Balaban J connectivity index is 2.32. The zero-order valence-electron chi connectivity index (χ0n) is 8.14. The van der Waals surface area contributed by atoms with Gasteiger partial charge in [-0.05, 0) is 34.4 Å². The first-order valence-corrected chi connectivity index (χ1v) is 4.94. The van der Waals surface area contributed by atoms with Gasteiger partial charge in [0, 0.05) is 5.69 Å². The first-order valence-electron chi connectivity index (χ1n) is 4.94. The maximum Gasteiger partial charge on any atom is 0.105 e. The number of hydrogen-bond donors (Lipinski definition) is 2. The quantitative estimate of drug-likeness (QED) is 0.637. The van der Waals surface area contributed by atoms with Gasteiger partial charge in [0.2, 0.25) is 0 Å². The lowest BCUT2D eigenvalue weighted by molar-refractivity contribution is 0.225. The van der Waals surface area contributed by atoms with Crippen LogP contribution in [0.25, 0.3) is 11.1 Å². The fraction of sp³-hybridized carbons (Fsp3) is 0.0769. The van der Waals surface area contributed by atoms with E-state index in [0.717, 1.165) is 22.3 Å². The molecule has 2 aromatic rings. The van der Waals surface area contributed by atoms with Crippen molar-refractivity contribution < 1.29 is 5.11 Å². The Morgan fingerprint density at radius 2 is 1.67 bits per heavy atom. The summed E-state index contributed by atoms with van der Waals surface area (Å²) in [6.07, 6.45) is -0.528. The van der Waals surface area contributed by atoms with Crippen molar-refractivity contribution in [2.24, 2.45) is 0 Å². The molecule has 0 aliphatic heterocycles. The van der Waals surface area contributed by atoms with Gasteiger partial charge in [0.15, 0.2) is 0 Å². The molecule has 0 amide bonds. The smallest absolute Gasteiger partial charge is 0.105 e. The van der Waals surface area contributed by atoms with E-state index in [1.165, 1.54) is 0 Å². The third kappa shape index (κ3) is 1.09. The average Bonchev–Trinajstić information content (AvgIpc) is 2.54. The summed E-state index contributed by atoms with van der Waals surface area (Å²) in [6, 6.07) is 13.6. The van der Waals surface area contributed by atoms with Crippen LogP contribution in [0.4, 0.5) is 5.69 Å².